The molecule has 0 unspecified atom stereocenters. The molecule has 0 N–H and O–H groups in total. The van der Waals surface area contributed by atoms with Crippen molar-refractivity contribution in [1.82, 2.24) is 9.88 Å². The Morgan fingerprint density at radius 3 is 2.28 bits per heavy atom. The van der Waals surface area contributed by atoms with Gasteiger partial charge in [0.05, 0.1) is 13.0 Å². The van der Waals surface area contributed by atoms with Gasteiger partial charge < -0.3 is 4.74 Å². The molecule has 4 heteroatoms. The summed E-state index contributed by atoms with van der Waals surface area (Å²) in [6, 6.07) is 24.9. The molecule has 0 amide bonds. The highest BCUT2D eigenvalue weighted by Crippen LogP contribution is 2.34. The minimum atomic E-state index is -0.164. The van der Waals surface area contributed by atoms with Crippen LogP contribution in [0, 0.1) is 6.92 Å². The Balaban J connectivity index is 1.96. The number of unbranched alkanes of at least 4 members (excludes halogenated alkanes) is 1. The Labute approximate surface area is 192 Å². The maximum absolute atomic E-state index is 12.8. The number of hydrogen-bond donors (Lipinski definition) is 0. The molecule has 3 rings (SSSR count). The van der Waals surface area contributed by atoms with Gasteiger partial charge in [-0.2, -0.15) is 0 Å². The summed E-state index contributed by atoms with van der Waals surface area (Å²) in [6.07, 6.45) is 4.08. The minimum Gasteiger partial charge on any atom is -0.466 e. The average molecular weight is 431 g/mol. The second-order valence-corrected chi connectivity index (χ2v) is 8.27. The van der Waals surface area contributed by atoms with E-state index in [4.69, 9.17) is 4.74 Å². The summed E-state index contributed by atoms with van der Waals surface area (Å²) in [7, 11) is 0. The van der Waals surface area contributed by atoms with Gasteiger partial charge in [-0.3, -0.25) is 14.7 Å². The van der Waals surface area contributed by atoms with Gasteiger partial charge in [-0.1, -0.05) is 80.1 Å². The van der Waals surface area contributed by atoms with Gasteiger partial charge in [-0.15, -0.1) is 0 Å². The predicted octanol–water partition coefficient (Wildman–Crippen LogP) is 6.43. The van der Waals surface area contributed by atoms with Crippen molar-refractivity contribution in [3.8, 4) is 0 Å². The van der Waals surface area contributed by atoms with Crippen LogP contribution in [0.2, 0.25) is 0 Å². The molecule has 0 saturated heterocycles. The van der Waals surface area contributed by atoms with Crippen LogP contribution in [0.5, 0.6) is 0 Å². The third kappa shape index (κ3) is 6.76. The van der Waals surface area contributed by atoms with Gasteiger partial charge in [0.25, 0.3) is 0 Å². The Bertz CT molecular complexity index is 942. The summed E-state index contributed by atoms with van der Waals surface area (Å²) in [5.74, 6) is -0.164. The van der Waals surface area contributed by atoms with E-state index in [1.54, 1.807) is 0 Å². The Morgan fingerprint density at radius 2 is 1.66 bits per heavy atom. The summed E-state index contributed by atoms with van der Waals surface area (Å²) in [5.41, 5.74) is 4.41. The lowest BCUT2D eigenvalue weighted by Gasteiger charge is -2.37. The first-order valence-corrected chi connectivity index (χ1v) is 11.5. The SMILES string of the molecule is CCCCOC(=O)C[C@H](c1ccc(C)nc1)N(Cc1ccccc1)[C@@H](C)c1ccccc1. The fourth-order valence-corrected chi connectivity index (χ4v) is 3.88. The third-order valence-corrected chi connectivity index (χ3v) is 5.83. The van der Waals surface area contributed by atoms with Gasteiger partial charge in [0.1, 0.15) is 0 Å². The first kappa shape index (κ1) is 23.7. The molecular weight excluding hydrogens is 396 g/mol. The number of aryl methyl sites for hydroxylation is 1. The largest absolute Gasteiger partial charge is 0.466 e. The highest BCUT2D eigenvalue weighted by atomic mass is 16.5. The number of benzene rings is 2. The second kappa shape index (κ2) is 12.2. The van der Waals surface area contributed by atoms with E-state index in [1.807, 2.05) is 31.3 Å². The fraction of sp³-hybridized carbons (Fsp3) is 0.357. The van der Waals surface area contributed by atoms with E-state index in [1.165, 1.54) is 11.1 Å². The first-order valence-electron chi connectivity index (χ1n) is 11.5. The summed E-state index contributed by atoms with van der Waals surface area (Å²) < 4.78 is 5.56. The second-order valence-electron chi connectivity index (χ2n) is 8.27. The Kier molecular flexibility index (Phi) is 9.00. The molecular formula is C28H34N2O2. The van der Waals surface area contributed by atoms with E-state index in [0.717, 1.165) is 30.6 Å². The van der Waals surface area contributed by atoms with Crippen LogP contribution in [0.15, 0.2) is 79.0 Å². The Morgan fingerprint density at radius 1 is 0.969 bits per heavy atom. The molecule has 2 atom stereocenters. The van der Waals surface area contributed by atoms with E-state index in [9.17, 15) is 4.79 Å². The van der Waals surface area contributed by atoms with Crippen LogP contribution >= 0.6 is 0 Å². The van der Waals surface area contributed by atoms with Crippen molar-refractivity contribution >= 4 is 5.97 Å². The molecule has 1 heterocycles. The van der Waals surface area contributed by atoms with Crippen molar-refractivity contribution in [3.63, 3.8) is 0 Å². The van der Waals surface area contributed by atoms with Gasteiger partial charge in [0.2, 0.25) is 0 Å². The zero-order valence-electron chi connectivity index (χ0n) is 19.4. The standard InChI is InChI=1S/C28H34N2O2/c1-4-5-18-32-28(31)19-27(26-17-16-22(2)29-20-26)30(21-24-12-8-6-9-13-24)23(3)25-14-10-7-11-15-25/h6-17,20,23,27H,4-5,18-19,21H2,1-3H3/t23-,27+/m0/s1. The number of nitrogens with zero attached hydrogens (tertiary/aromatic N) is 2. The van der Waals surface area contributed by atoms with Gasteiger partial charge in [0.15, 0.2) is 0 Å². The maximum Gasteiger partial charge on any atom is 0.307 e. The zero-order chi connectivity index (χ0) is 22.8. The van der Waals surface area contributed by atoms with E-state index < -0.39 is 0 Å². The summed E-state index contributed by atoms with van der Waals surface area (Å²) >= 11 is 0. The number of carbonyl (C=O) groups is 1. The number of hydrogen-bond acceptors (Lipinski definition) is 4. The van der Waals surface area contributed by atoms with Gasteiger partial charge in [-0.25, -0.2) is 0 Å². The van der Waals surface area contributed by atoms with Crippen molar-refractivity contribution in [2.45, 2.75) is 58.7 Å². The van der Waals surface area contributed by atoms with E-state index >= 15 is 0 Å². The fourth-order valence-electron chi connectivity index (χ4n) is 3.88. The first-order chi connectivity index (χ1) is 15.6. The van der Waals surface area contributed by atoms with Crippen LogP contribution in [0.3, 0.4) is 0 Å². The molecule has 168 valence electrons. The number of carbonyl (C=O) groups excluding carboxylic acids is 1. The monoisotopic (exact) mass is 430 g/mol. The molecule has 1 aromatic heterocycles. The molecule has 0 bridgehead atoms. The molecule has 0 aliphatic heterocycles. The van der Waals surface area contributed by atoms with Crippen molar-refractivity contribution in [3.05, 3.63) is 101 Å². The highest BCUT2D eigenvalue weighted by Gasteiger charge is 2.29. The molecule has 32 heavy (non-hydrogen) atoms. The van der Waals surface area contributed by atoms with E-state index in [-0.39, 0.29) is 18.1 Å². The zero-order valence-corrected chi connectivity index (χ0v) is 19.4. The smallest absolute Gasteiger partial charge is 0.307 e. The molecule has 0 radical (unpaired) electrons. The summed E-state index contributed by atoms with van der Waals surface area (Å²) in [6.45, 7) is 7.47. The third-order valence-electron chi connectivity index (χ3n) is 5.83. The Hall–Kier alpha value is -2.98. The van der Waals surface area contributed by atoms with Crippen LogP contribution in [-0.4, -0.2) is 22.5 Å². The van der Waals surface area contributed by atoms with Crippen molar-refractivity contribution < 1.29 is 9.53 Å². The predicted molar refractivity (Wildman–Crippen MR) is 129 cm³/mol. The number of rotatable bonds is 11. The molecule has 3 aromatic rings. The number of ether oxygens (including phenoxy) is 1. The average Bonchev–Trinajstić information content (AvgIpc) is 2.83. The van der Waals surface area contributed by atoms with Gasteiger partial charge >= 0.3 is 5.97 Å². The maximum atomic E-state index is 12.8. The number of aromatic nitrogens is 1. The lowest BCUT2D eigenvalue weighted by Crippen LogP contribution is -2.33. The molecule has 0 aliphatic rings. The quantitative estimate of drug-likeness (QED) is 0.260. The van der Waals surface area contributed by atoms with Crippen molar-refractivity contribution in [1.29, 1.82) is 0 Å². The molecule has 0 saturated carbocycles. The lowest BCUT2D eigenvalue weighted by molar-refractivity contribution is -0.145. The number of esters is 1. The molecule has 0 fully saturated rings. The number of pyridine rings is 1. The van der Waals surface area contributed by atoms with Crippen molar-refractivity contribution in [2.75, 3.05) is 6.61 Å². The lowest BCUT2D eigenvalue weighted by atomic mass is 9.97. The van der Waals surface area contributed by atoms with Crippen LogP contribution in [0.25, 0.3) is 0 Å². The minimum absolute atomic E-state index is 0.103. The van der Waals surface area contributed by atoms with E-state index in [0.29, 0.717) is 13.0 Å². The summed E-state index contributed by atoms with van der Waals surface area (Å²) in [5, 5.41) is 0. The molecule has 0 aliphatic carbocycles. The van der Waals surface area contributed by atoms with Crippen molar-refractivity contribution in [2.24, 2.45) is 0 Å². The summed E-state index contributed by atoms with van der Waals surface area (Å²) in [4.78, 5) is 19.7. The van der Waals surface area contributed by atoms with Crippen LogP contribution in [0.4, 0.5) is 0 Å². The normalized spacial score (nSPS) is 13.0. The van der Waals surface area contributed by atoms with Crippen LogP contribution in [-0.2, 0) is 16.1 Å². The topological polar surface area (TPSA) is 42.4 Å². The van der Waals surface area contributed by atoms with Crippen LogP contribution in [0.1, 0.15) is 67.6 Å². The molecule has 0 spiro atoms. The van der Waals surface area contributed by atoms with E-state index in [2.05, 4.69) is 78.3 Å². The highest BCUT2D eigenvalue weighted by molar-refractivity contribution is 5.70. The van der Waals surface area contributed by atoms with Crippen LogP contribution < -0.4 is 0 Å². The van der Waals surface area contributed by atoms with Gasteiger partial charge in [-0.05, 0) is 43.0 Å². The van der Waals surface area contributed by atoms with Gasteiger partial charge in [0, 0.05) is 30.5 Å². The molecule has 2 aromatic carbocycles. The molecule has 4 nitrogen and oxygen atoms in total.